The molecule has 0 bridgehead atoms. The van der Waals surface area contributed by atoms with Gasteiger partial charge in [0, 0.05) is 18.8 Å². The molecule has 1 aromatic carbocycles. The SMILES string of the molecule is COC(=O)C1SCCN1Cc1ccc(OCc2nc(-c3cccs3)oc2C)cc1. The van der Waals surface area contributed by atoms with Gasteiger partial charge in [0.25, 0.3) is 0 Å². The van der Waals surface area contributed by atoms with Crippen LogP contribution in [0.4, 0.5) is 0 Å². The molecule has 1 aliphatic rings. The average molecular weight is 431 g/mol. The molecular formula is C21H22N2O4S2. The molecule has 0 saturated carbocycles. The number of aromatic nitrogens is 1. The van der Waals surface area contributed by atoms with Crippen LogP contribution in [-0.4, -0.2) is 40.6 Å². The van der Waals surface area contributed by atoms with E-state index in [2.05, 4.69) is 9.88 Å². The fraction of sp³-hybridized carbons (Fsp3) is 0.333. The Hall–Kier alpha value is -2.29. The van der Waals surface area contributed by atoms with Crippen molar-refractivity contribution in [3.63, 3.8) is 0 Å². The summed E-state index contributed by atoms with van der Waals surface area (Å²) in [5.41, 5.74) is 1.93. The van der Waals surface area contributed by atoms with Crippen LogP contribution in [0.1, 0.15) is 17.0 Å². The van der Waals surface area contributed by atoms with E-state index in [1.807, 2.05) is 48.7 Å². The Morgan fingerprint density at radius 2 is 2.14 bits per heavy atom. The van der Waals surface area contributed by atoms with Gasteiger partial charge < -0.3 is 13.9 Å². The van der Waals surface area contributed by atoms with E-state index in [9.17, 15) is 4.79 Å². The molecule has 1 unspecified atom stereocenters. The van der Waals surface area contributed by atoms with Gasteiger partial charge in [0.05, 0.1) is 12.0 Å². The second-order valence-corrected chi connectivity index (χ2v) is 8.78. The van der Waals surface area contributed by atoms with Gasteiger partial charge in [0.1, 0.15) is 23.8 Å². The second kappa shape index (κ2) is 9.02. The van der Waals surface area contributed by atoms with E-state index in [1.54, 1.807) is 23.1 Å². The van der Waals surface area contributed by atoms with Gasteiger partial charge in [-0.15, -0.1) is 23.1 Å². The van der Waals surface area contributed by atoms with Crippen LogP contribution in [0.3, 0.4) is 0 Å². The van der Waals surface area contributed by atoms with Gasteiger partial charge in [-0.05, 0) is 36.1 Å². The van der Waals surface area contributed by atoms with E-state index in [1.165, 1.54) is 7.11 Å². The first-order valence-electron chi connectivity index (χ1n) is 9.29. The van der Waals surface area contributed by atoms with E-state index in [0.717, 1.165) is 39.9 Å². The number of ether oxygens (including phenoxy) is 2. The standard InChI is InChI=1S/C21H22N2O4S2/c1-14-17(22-19(27-14)18-4-3-10-28-18)13-26-16-7-5-15(6-8-16)12-23-9-11-29-20(23)21(24)25-2/h3-8,10,20H,9,11-13H2,1-2H3. The van der Waals surface area contributed by atoms with Crippen molar-refractivity contribution in [3.8, 4) is 16.5 Å². The zero-order valence-electron chi connectivity index (χ0n) is 16.3. The van der Waals surface area contributed by atoms with Crippen molar-refractivity contribution in [1.29, 1.82) is 0 Å². The first-order chi connectivity index (χ1) is 14.1. The Kier molecular flexibility index (Phi) is 6.22. The summed E-state index contributed by atoms with van der Waals surface area (Å²) >= 11 is 3.22. The number of benzene rings is 1. The molecule has 6 nitrogen and oxygen atoms in total. The molecule has 0 aliphatic carbocycles. The molecule has 4 rings (SSSR count). The van der Waals surface area contributed by atoms with Crippen LogP contribution in [0.25, 0.3) is 10.8 Å². The predicted octanol–water partition coefficient (Wildman–Crippen LogP) is 4.34. The second-order valence-electron chi connectivity index (χ2n) is 6.65. The van der Waals surface area contributed by atoms with Gasteiger partial charge in [-0.2, -0.15) is 0 Å². The molecule has 1 saturated heterocycles. The topological polar surface area (TPSA) is 64.8 Å². The number of carbonyl (C=O) groups excluding carboxylic acids is 1. The average Bonchev–Trinajstić information content (AvgIpc) is 3.48. The van der Waals surface area contributed by atoms with Crippen LogP contribution in [-0.2, 0) is 22.7 Å². The van der Waals surface area contributed by atoms with Crippen molar-refractivity contribution >= 4 is 29.1 Å². The highest BCUT2D eigenvalue weighted by Gasteiger charge is 2.32. The summed E-state index contributed by atoms with van der Waals surface area (Å²) in [6, 6.07) is 11.9. The van der Waals surface area contributed by atoms with Gasteiger partial charge in [-0.3, -0.25) is 4.90 Å². The van der Waals surface area contributed by atoms with Gasteiger partial charge in [-0.25, -0.2) is 9.78 Å². The minimum Gasteiger partial charge on any atom is -0.487 e. The van der Waals surface area contributed by atoms with Crippen molar-refractivity contribution < 1.29 is 18.7 Å². The Morgan fingerprint density at radius 1 is 1.31 bits per heavy atom. The summed E-state index contributed by atoms with van der Waals surface area (Å²) in [5, 5.41) is 1.78. The number of carbonyl (C=O) groups is 1. The summed E-state index contributed by atoms with van der Waals surface area (Å²) in [7, 11) is 1.44. The van der Waals surface area contributed by atoms with Gasteiger partial charge in [-0.1, -0.05) is 18.2 Å². The third-order valence-electron chi connectivity index (χ3n) is 4.70. The maximum Gasteiger partial charge on any atom is 0.333 e. The molecular weight excluding hydrogens is 408 g/mol. The van der Waals surface area contributed by atoms with E-state index >= 15 is 0 Å². The Morgan fingerprint density at radius 3 is 2.86 bits per heavy atom. The van der Waals surface area contributed by atoms with Crippen molar-refractivity contribution in [2.24, 2.45) is 0 Å². The first-order valence-corrected chi connectivity index (χ1v) is 11.2. The van der Waals surface area contributed by atoms with E-state index in [0.29, 0.717) is 19.0 Å². The molecule has 0 spiro atoms. The lowest BCUT2D eigenvalue weighted by molar-refractivity contribution is -0.143. The molecule has 0 N–H and O–H groups in total. The number of aryl methyl sites for hydroxylation is 1. The van der Waals surface area contributed by atoms with Crippen LogP contribution < -0.4 is 4.74 Å². The lowest BCUT2D eigenvalue weighted by atomic mass is 10.2. The number of thiophene rings is 1. The fourth-order valence-electron chi connectivity index (χ4n) is 3.13. The molecule has 152 valence electrons. The molecule has 1 atom stereocenters. The first kappa shape index (κ1) is 20.0. The third-order valence-corrected chi connectivity index (χ3v) is 6.78. The molecule has 3 aromatic rings. The van der Waals surface area contributed by atoms with Crippen molar-refractivity contribution in [2.45, 2.75) is 25.4 Å². The number of thioether (sulfide) groups is 1. The number of oxazole rings is 1. The molecule has 8 heteroatoms. The lowest BCUT2D eigenvalue weighted by Crippen LogP contribution is -2.34. The highest BCUT2D eigenvalue weighted by molar-refractivity contribution is 8.00. The number of hydrogen-bond donors (Lipinski definition) is 0. The molecule has 0 amide bonds. The minimum atomic E-state index is -0.219. The Bertz CT molecular complexity index is 954. The van der Waals surface area contributed by atoms with Crippen LogP contribution in [0.2, 0.25) is 0 Å². The number of hydrogen-bond acceptors (Lipinski definition) is 8. The van der Waals surface area contributed by atoms with Gasteiger partial charge >= 0.3 is 5.97 Å². The van der Waals surface area contributed by atoms with Crippen LogP contribution >= 0.6 is 23.1 Å². The zero-order chi connectivity index (χ0) is 20.2. The van der Waals surface area contributed by atoms with Crippen molar-refractivity contribution in [3.05, 3.63) is 58.8 Å². The van der Waals surface area contributed by atoms with Crippen molar-refractivity contribution in [1.82, 2.24) is 9.88 Å². The lowest BCUT2D eigenvalue weighted by Gasteiger charge is -2.21. The number of esters is 1. The van der Waals surface area contributed by atoms with Crippen LogP contribution in [0, 0.1) is 6.92 Å². The molecule has 29 heavy (non-hydrogen) atoms. The number of methoxy groups -OCH3 is 1. The molecule has 2 aromatic heterocycles. The molecule has 1 fully saturated rings. The number of nitrogens with zero attached hydrogens (tertiary/aromatic N) is 2. The number of rotatable bonds is 7. The van der Waals surface area contributed by atoms with E-state index in [4.69, 9.17) is 13.9 Å². The summed E-state index contributed by atoms with van der Waals surface area (Å²) in [5.74, 6) is 2.93. The van der Waals surface area contributed by atoms with Gasteiger partial charge in [0.2, 0.25) is 5.89 Å². The molecule has 0 radical (unpaired) electrons. The maximum atomic E-state index is 11.9. The smallest absolute Gasteiger partial charge is 0.333 e. The molecule has 3 heterocycles. The summed E-state index contributed by atoms with van der Waals surface area (Å²) in [6.45, 7) is 3.84. The highest BCUT2D eigenvalue weighted by Crippen LogP contribution is 2.28. The van der Waals surface area contributed by atoms with Gasteiger partial charge in [0.15, 0.2) is 5.37 Å². The van der Waals surface area contributed by atoms with Crippen molar-refractivity contribution in [2.75, 3.05) is 19.4 Å². The molecule has 1 aliphatic heterocycles. The van der Waals surface area contributed by atoms with E-state index < -0.39 is 0 Å². The quantitative estimate of drug-likeness (QED) is 0.517. The van der Waals surface area contributed by atoms with Crippen LogP contribution in [0.5, 0.6) is 5.75 Å². The van der Waals surface area contributed by atoms with Crippen LogP contribution in [0.15, 0.2) is 46.2 Å². The van der Waals surface area contributed by atoms with E-state index in [-0.39, 0.29) is 11.3 Å². The minimum absolute atomic E-state index is 0.183. The third kappa shape index (κ3) is 4.66. The summed E-state index contributed by atoms with van der Waals surface area (Å²) < 4.78 is 16.5. The fourth-order valence-corrected chi connectivity index (χ4v) is 4.96. The maximum absolute atomic E-state index is 11.9. The Balaban J connectivity index is 1.35. The zero-order valence-corrected chi connectivity index (χ0v) is 17.9. The highest BCUT2D eigenvalue weighted by atomic mass is 32.2. The predicted molar refractivity (Wildman–Crippen MR) is 114 cm³/mol. The normalized spacial score (nSPS) is 16.8. The largest absolute Gasteiger partial charge is 0.487 e. The monoisotopic (exact) mass is 430 g/mol. The summed E-state index contributed by atoms with van der Waals surface area (Å²) in [6.07, 6.45) is 0. The summed E-state index contributed by atoms with van der Waals surface area (Å²) in [4.78, 5) is 19.6. The Labute approximate surface area is 177 Å².